The second kappa shape index (κ2) is 5.35. The quantitative estimate of drug-likeness (QED) is 0.672. The van der Waals surface area contributed by atoms with Crippen LogP contribution in [0.4, 0.5) is 8.78 Å². The molecule has 10 unspecified atom stereocenters. The van der Waals surface area contributed by atoms with Crippen molar-refractivity contribution in [3.8, 4) is 0 Å². The molecular weight excluding hydrogens is 310 g/mol. The fourth-order valence-corrected chi connectivity index (χ4v) is 7.38. The van der Waals surface area contributed by atoms with Gasteiger partial charge < -0.3 is 0 Å². The predicted molar refractivity (Wildman–Crippen MR) is 84.7 cm³/mol. The minimum atomic E-state index is -0.819. The van der Waals surface area contributed by atoms with E-state index in [4.69, 9.17) is 0 Å². The highest BCUT2D eigenvalue weighted by molar-refractivity contribution is 5.90. The van der Waals surface area contributed by atoms with Crippen molar-refractivity contribution in [2.24, 2.45) is 47.3 Å². The molecule has 5 rings (SSSR count). The molecule has 0 aliphatic heterocycles. The van der Waals surface area contributed by atoms with Crippen LogP contribution in [0.15, 0.2) is 0 Å². The van der Waals surface area contributed by atoms with Crippen molar-refractivity contribution in [2.75, 3.05) is 0 Å². The van der Waals surface area contributed by atoms with Crippen LogP contribution in [0.1, 0.15) is 51.4 Å². The van der Waals surface area contributed by atoms with Gasteiger partial charge in [-0.3, -0.25) is 9.59 Å². The third-order valence-electron chi connectivity index (χ3n) is 8.33. The number of carbonyl (C=O) groups is 2. The number of rotatable bonds is 0. The maximum absolute atomic E-state index is 13.8. The summed E-state index contributed by atoms with van der Waals surface area (Å²) in [6, 6.07) is 0. The van der Waals surface area contributed by atoms with Crippen molar-refractivity contribution >= 4 is 11.6 Å². The molecule has 0 aromatic carbocycles. The maximum Gasteiger partial charge on any atom is 0.139 e. The minimum Gasteiger partial charge on any atom is -0.299 e. The largest absolute Gasteiger partial charge is 0.299 e. The number of hydrogen-bond donors (Lipinski definition) is 0. The molecular formula is C20H26F2O2. The number of fused-ring (bicyclic) bond motifs is 6. The molecule has 0 saturated heterocycles. The SMILES string of the molecule is O=C1C2CC(F)CCC2C2CC3C(CC12)C(=O)C1CC(F)CCC13. The first-order chi connectivity index (χ1) is 11.5. The highest BCUT2D eigenvalue weighted by Gasteiger charge is 2.61. The van der Waals surface area contributed by atoms with E-state index in [0.29, 0.717) is 55.8 Å². The zero-order chi connectivity index (χ0) is 16.6. The Morgan fingerprint density at radius 1 is 0.542 bits per heavy atom. The van der Waals surface area contributed by atoms with Crippen LogP contribution in [0.5, 0.6) is 0 Å². The molecule has 2 nitrogen and oxygen atoms in total. The molecule has 10 atom stereocenters. The summed E-state index contributed by atoms with van der Waals surface area (Å²) in [6.07, 6.45) is 3.70. The Labute approximate surface area is 141 Å². The van der Waals surface area contributed by atoms with Crippen molar-refractivity contribution < 1.29 is 18.4 Å². The Morgan fingerprint density at radius 2 is 0.958 bits per heavy atom. The molecule has 5 aliphatic rings. The lowest BCUT2D eigenvalue weighted by atomic mass is 9.64. The molecule has 0 aromatic heterocycles. The lowest BCUT2D eigenvalue weighted by Crippen LogP contribution is -2.35. The van der Waals surface area contributed by atoms with Gasteiger partial charge in [0.15, 0.2) is 0 Å². The van der Waals surface area contributed by atoms with Crippen LogP contribution in [-0.2, 0) is 9.59 Å². The number of halogens is 2. The van der Waals surface area contributed by atoms with Gasteiger partial charge in [0.2, 0.25) is 0 Å². The van der Waals surface area contributed by atoms with Gasteiger partial charge in [0.1, 0.15) is 23.9 Å². The van der Waals surface area contributed by atoms with E-state index >= 15 is 0 Å². The fourth-order valence-electron chi connectivity index (χ4n) is 7.38. The first-order valence-corrected chi connectivity index (χ1v) is 9.90. The van der Waals surface area contributed by atoms with Gasteiger partial charge in [-0.05, 0) is 75.0 Å². The Bertz CT molecular complexity index is 528. The van der Waals surface area contributed by atoms with Crippen LogP contribution in [0, 0.1) is 47.3 Å². The first-order valence-electron chi connectivity index (χ1n) is 9.90. The molecule has 0 bridgehead atoms. The van der Waals surface area contributed by atoms with Crippen LogP contribution in [0.25, 0.3) is 0 Å². The highest BCUT2D eigenvalue weighted by atomic mass is 19.1. The summed E-state index contributed by atoms with van der Waals surface area (Å²) in [5, 5.41) is 0. The van der Waals surface area contributed by atoms with Crippen molar-refractivity contribution in [1.29, 1.82) is 0 Å². The molecule has 0 N–H and O–H groups in total. The molecule has 0 radical (unpaired) electrons. The Hall–Kier alpha value is -0.800. The van der Waals surface area contributed by atoms with E-state index in [1.54, 1.807) is 0 Å². The molecule has 5 saturated carbocycles. The van der Waals surface area contributed by atoms with Gasteiger partial charge in [0.25, 0.3) is 0 Å². The highest BCUT2D eigenvalue weighted by Crippen LogP contribution is 2.61. The molecule has 0 aromatic rings. The van der Waals surface area contributed by atoms with Crippen LogP contribution in [0.2, 0.25) is 0 Å². The van der Waals surface area contributed by atoms with Crippen molar-refractivity contribution in [1.82, 2.24) is 0 Å². The van der Waals surface area contributed by atoms with E-state index < -0.39 is 12.3 Å². The maximum atomic E-state index is 13.8. The lowest BCUT2D eigenvalue weighted by Gasteiger charge is -2.39. The zero-order valence-corrected chi connectivity index (χ0v) is 14.0. The summed E-state index contributed by atoms with van der Waals surface area (Å²) in [4.78, 5) is 25.7. The summed E-state index contributed by atoms with van der Waals surface area (Å²) in [7, 11) is 0. The second-order valence-corrected chi connectivity index (χ2v) is 9.18. The smallest absolute Gasteiger partial charge is 0.139 e. The van der Waals surface area contributed by atoms with Crippen LogP contribution in [0.3, 0.4) is 0 Å². The average molecular weight is 336 g/mol. The Kier molecular flexibility index (Phi) is 3.44. The van der Waals surface area contributed by atoms with Crippen LogP contribution in [-0.4, -0.2) is 23.9 Å². The zero-order valence-electron chi connectivity index (χ0n) is 14.0. The summed E-state index contributed by atoms with van der Waals surface area (Å²) in [5.74, 6) is 1.72. The molecule has 4 heteroatoms. The van der Waals surface area contributed by atoms with E-state index in [-0.39, 0.29) is 35.2 Å². The predicted octanol–water partition coefficient (Wildman–Crippen LogP) is 3.92. The second-order valence-electron chi connectivity index (χ2n) is 9.18. The molecule has 0 heterocycles. The number of hydrogen-bond acceptors (Lipinski definition) is 2. The number of ketones is 2. The average Bonchev–Trinajstić information content (AvgIpc) is 2.99. The van der Waals surface area contributed by atoms with Crippen LogP contribution >= 0.6 is 0 Å². The van der Waals surface area contributed by atoms with E-state index in [0.717, 1.165) is 19.3 Å². The van der Waals surface area contributed by atoms with Crippen molar-refractivity contribution in [3.05, 3.63) is 0 Å². The van der Waals surface area contributed by atoms with E-state index in [9.17, 15) is 18.4 Å². The van der Waals surface area contributed by atoms with Crippen LogP contribution < -0.4 is 0 Å². The van der Waals surface area contributed by atoms with Crippen molar-refractivity contribution in [3.63, 3.8) is 0 Å². The fraction of sp³-hybridized carbons (Fsp3) is 0.900. The van der Waals surface area contributed by atoms with Gasteiger partial charge in [0.05, 0.1) is 0 Å². The Balaban J connectivity index is 1.42. The molecule has 0 amide bonds. The van der Waals surface area contributed by atoms with Gasteiger partial charge >= 0.3 is 0 Å². The number of Topliss-reactive ketones (excluding diaryl/α,β-unsaturated/α-hetero) is 2. The van der Waals surface area contributed by atoms with Gasteiger partial charge in [-0.25, -0.2) is 8.78 Å². The number of carbonyl (C=O) groups excluding carboxylic acids is 2. The summed E-state index contributed by atoms with van der Waals surface area (Å²) >= 11 is 0. The standard InChI is InChI=1S/C20H26F2O2/c21-9-1-3-11-13-7-14-12-4-2-10(22)6-16(12)20(24)18(14)8-17(13)19(23)15(11)5-9/h9-18H,1-8H2. The third kappa shape index (κ3) is 2.03. The van der Waals surface area contributed by atoms with Gasteiger partial charge in [-0.1, -0.05) is 0 Å². The Morgan fingerprint density at radius 3 is 1.42 bits per heavy atom. The lowest BCUT2D eigenvalue weighted by molar-refractivity contribution is -0.129. The van der Waals surface area contributed by atoms with Gasteiger partial charge in [0, 0.05) is 23.7 Å². The molecule has 132 valence electrons. The molecule has 5 aliphatic carbocycles. The van der Waals surface area contributed by atoms with E-state index in [2.05, 4.69) is 0 Å². The third-order valence-corrected chi connectivity index (χ3v) is 8.33. The van der Waals surface area contributed by atoms with Crippen molar-refractivity contribution in [2.45, 2.75) is 63.7 Å². The summed E-state index contributed by atoms with van der Waals surface area (Å²) in [6.45, 7) is 0. The normalized spacial score (nSPS) is 56.4. The van der Waals surface area contributed by atoms with E-state index in [1.807, 2.05) is 0 Å². The summed E-state index contributed by atoms with van der Waals surface area (Å²) in [5.41, 5.74) is 0. The minimum absolute atomic E-state index is 0.0168. The topological polar surface area (TPSA) is 34.1 Å². The first kappa shape index (κ1) is 15.5. The molecule has 5 fully saturated rings. The van der Waals surface area contributed by atoms with E-state index in [1.165, 1.54) is 0 Å². The monoisotopic (exact) mass is 336 g/mol. The van der Waals surface area contributed by atoms with Gasteiger partial charge in [-0.2, -0.15) is 0 Å². The summed E-state index contributed by atoms with van der Waals surface area (Å²) < 4.78 is 27.6. The number of alkyl halides is 2. The molecule has 24 heavy (non-hydrogen) atoms. The molecule has 0 spiro atoms. The van der Waals surface area contributed by atoms with Gasteiger partial charge in [-0.15, -0.1) is 0 Å².